The summed E-state index contributed by atoms with van der Waals surface area (Å²) in [6.07, 6.45) is 2.04. The Hall–Kier alpha value is -4.77. The number of rotatable bonds is 7. The number of nitro groups is 1. The monoisotopic (exact) mass is 545 g/mol. The van der Waals surface area contributed by atoms with Crippen LogP contribution in [0.2, 0.25) is 0 Å². The number of nitro benzene ring substituents is 1. The van der Waals surface area contributed by atoms with Gasteiger partial charge in [0.2, 0.25) is 0 Å². The van der Waals surface area contributed by atoms with E-state index in [4.69, 9.17) is 13.9 Å². The molecule has 10 nitrogen and oxygen atoms in total. The number of esters is 1. The number of fused-ring (bicyclic) bond motifs is 1. The van der Waals surface area contributed by atoms with Crippen LogP contribution in [0.3, 0.4) is 0 Å². The number of carbonyl (C=O) groups is 1. The number of nitrogens with zero attached hydrogens (tertiary/aromatic N) is 3. The van der Waals surface area contributed by atoms with Crippen LogP contribution >= 0.6 is 11.3 Å². The average Bonchev–Trinajstić information content (AvgIpc) is 3.55. The number of allylic oxidation sites excluding steroid dienone is 1. The Kier molecular flexibility index (Phi) is 6.99. The van der Waals surface area contributed by atoms with Gasteiger partial charge in [-0.15, -0.1) is 0 Å². The molecule has 1 atom stereocenters. The van der Waals surface area contributed by atoms with Crippen LogP contribution in [-0.2, 0) is 9.53 Å². The van der Waals surface area contributed by atoms with Gasteiger partial charge in [-0.05, 0) is 36.2 Å². The van der Waals surface area contributed by atoms with Crippen molar-refractivity contribution in [3.05, 3.63) is 113 Å². The fourth-order valence-corrected chi connectivity index (χ4v) is 5.52. The molecule has 2 aromatic carbocycles. The van der Waals surface area contributed by atoms with Gasteiger partial charge in [0.05, 0.1) is 52.6 Å². The predicted octanol–water partition coefficient (Wildman–Crippen LogP) is 3.98. The van der Waals surface area contributed by atoms with Crippen molar-refractivity contribution < 1.29 is 23.6 Å². The van der Waals surface area contributed by atoms with Gasteiger partial charge in [0.1, 0.15) is 17.3 Å². The van der Waals surface area contributed by atoms with Crippen molar-refractivity contribution in [1.82, 2.24) is 4.57 Å². The number of hydrogen-bond donors (Lipinski definition) is 0. The SMILES string of the molecule is CCC1=C(C(=O)OC)[C@@H](c2ccccc2)n2c(s/c(=C/c3ccc(-c4ccc(OC)cc4[N+](=O)[O-])o3)c2=O)=N1. The second-order valence-electron chi connectivity index (χ2n) is 8.54. The van der Waals surface area contributed by atoms with Gasteiger partial charge in [0, 0.05) is 6.08 Å². The molecule has 5 rings (SSSR count). The van der Waals surface area contributed by atoms with Gasteiger partial charge in [0.15, 0.2) is 4.80 Å². The summed E-state index contributed by atoms with van der Waals surface area (Å²) in [5.41, 5.74) is 1.38. The van der Waals surface area contributed by atoms with Crippen LogP contribution < -0.4 is 19.6 Å². The molecule has 0 N–H and O–H groups in total. The van der Waals surface area contributed by atoms with E-state index in [9.17, 15) is 19.7 Å². The zero-order chi connectivity index (χ0) is 27.7. The molecule has 3 heterocycles. The fraction of sp³-hybridized carbons (Fsp3) is 0.179. The van der Waals surface area contributed by atoms with Crippen LogP contribution in [0, 0.1) is 10.1 Å². The van der Waals surface area contributed by atoms with Crippen molar-refractivity contribution in [3.8, 4) is 17.1 Å². The molecule has 1 aliphatic heterocycles. The van der Waals surface area contributed by atoms with Gasteiger partial charge in [-0.3, -0.25) is 19.5 Å². The molecule has 0 unspecified atom stereocenters. The molecule has 0 bridgehead atoms. The lowest BCUT2D eigenvalue weighted by Crippen LogP contribution is -2.40. The number of thiazole rings is 1. The molecule has 0 aliphatic carbocycles. The lowest BCUT2D eigenvalue weighted by atomic mass is 9.95. The highest BCUT2D eigenvalue weighted by molar-refractivity contribution is 7.07. The third kappa shape index (κ3) is 4.68. The molecule has 0 spiro atoms. The summed E-state index contributed by atoms with van der Waals surface area (Å²) in [4.78, 5) is 42.8. The Labute approximate surface area is 225 Å². The molecule has 1 aliphatic rings. The summed E-state index contributed by atoms with van der Waals surface area (Å²) in [5, 5.41) is 11.6. The van der Waals surface area contributed by atoms with Crippen LogP contribution in [0.15, 0.2) is 86.1 Å². The summed E-state index contributed by atoms with van der Waals surface area (Å²) in [6.45, 7) is 1.89. The van der Waals surface area contributed by atoms with Crippen LogP contribution in [0.5, 0.6) is 5.75 Å². The van der Waals surface area contributed by atoms with Crippen LogP contribution in [0.1, 0.15) is 30.7 Å². The van der Waals surface area contributed by atoms with E-state index in [0.29, 0.717) is 38.5 Å². The second kappa shape index (κ2) is 10.5. The summed E-state index contributed by atoms with van der Waals surface area (Å²) in [7, 11) is 2.73. The number of methoxy groups -OCH3 is 2. The van der Waals surface area contributed by atoms with E-state index in [2.05, 4.69) is 4.99 Å². The van der Waals surface area contributed by atoms with Crippen molar-refractivity contribution in [2.45, 2.75) is 19.4 Å². The van der Waals surface area contributed by atoms with E-state index in [1.807, 2.05) is 37.3 Å². The maximum Gasteiger partial charge on any atom is 0.338 e. The predicted molar refractivity (Wildman–Crippen MR) is 144 cm³/mol. The van der Waals surface area contributed by atoms with Crippen LogP contribution in [-0.4, -0.2) is 29.7 Å². The number of hydrogen-bond acceptors (Lipinski definition) is 9. The largest absolute Gasteiger partial charge is 0.497 e. The molecule has 11 heteroatoms. The standard InChI is InChI=1S/C28H23N3O7S/c1-4-20-24(27(33)37-3)25(16-8-6-5-7-9-16)30-26(32)23(39-28(30)29-20)15-18-11-13-22(38-18)19-12-10-17(36-2)14-21(19)31(34)35/h5-15,25H,4H2,1-3H3/b23-15+/t25-/m1/s1. The molecule has 0 saturated carbocycles. The van der Waals surface area contributed by atoms with Gasteiger partial charge in [-0.1, -0.05) is 48.6 Å². The maximum atomic E-state index is 13.7. The molecule has 2 aromatic heterocycles. The zero-order valence-electron chi connectivity index (χ0n) is 21.2. The Bertz CT molecular complexity index is 1800. The molecular weight excluding hydrogens is 522 g/mol. The first-order chi connectivity index (χ1) is 18.9. The molecule has 0 saturated heterocycles. The zero-order valence-corrected chi connectivity index (χ0v) is 22.1. The summed E-state index contributed by atoms with van der Waals surface area (Å²) < 4.78 is 17.9. The van der Waals surface area contributed by atoms with Gasteiger partial charge in [-0.25, -0.2) is 9.79 Å². The van der Waals surface area contributed by atoms with E-state index >= 15 is 0 Å². The number of ether oxygens (including phenoxy) is 2. The minimum atomic E-state index is -0.707. The highest BCUT2D eigenvalue weighted by atomic mass is 32.1. The smallest absolute Gasteiger partial charge is 0.338 e. The Balaban J connectivity index is 1.64. The molecular formula is C28H23N3O7S. The van der Waals surface area contributed by atoms with Gasteiger partial charge in [0.25, 0.3) is 11.2 Å². The Morgan fingerprint density at radius 1 is 1.18 bits per heavy atom. The number of carbonyl (C=O) groups excluding carboxylic acids is 1. The van der Waals surface area contributed by atoms with E-state index in [1.165, 1.54) is 36.2 Å². The van der Waals surface area contributed by atoms with Crippen LogP contribution in [0.25, 0.3) is 17.4 Å². The summed E-state index contributed by atoms with van der Waals surface area (Å²) in [6, 6.07) is 16.3. The number of benzene rings is 2. The minimum Gasteiger partial charge on any atom is -0.497 e. The van der Waals surface area contributed by atoms with Crippen LogP contribution in [0.4, 0.5) is 5.69 Å². The minimum absolute atomic E-state index is 0.167. The lowest BCUT2D eigenvalue weighted by Gasteiger charge is -2.25. The first kappa shape index (κ1) is 25.9. The fourth-order valence-electron chi connectivity index (χ4n) is 4.52. The van der Waals surface area contributed by atoms with Crippen molar-refractivity contribution in [2.75, 3.05) is 14.2 Å². The number of aromatic nitrogens is 1. The first-order valence-corrected chi connectivity index (χ1v) is 12.8. The summed E-state index contributed by atoms with van der Waals surface area (Å²) >= 11 is 1.17. The first-order valence-electron chi connectivity index (χ1n) is 12.0. The maximum absolute atomic E-state index is 13.7. The van der Waals surface area contributed by atoms with E-state index in [0.717, 1.165) is 5.56 Å². The Morgan fingerprint density at radius 2 is 1.95 bits per heavy atom. The van der Waals surface area contributed by atoms with Crippen molar-refractivity contribution in [2.24, 2.45) is 4.99 Å². The van der Waals surface area contributed by atoms with Crippen molar-refractivity contribution >= 4 is 29.1 Å². The molecule has 39 heavy (non-hydrogen) atoms. The molecule has 4 aromatic rings. The van der Waals surface area contributed by atoms with E-state index in [-0.39, 0.29) is 22.6 Å². The third-order valence-electron chi connectivity index (χ3n) is 6.33. The topological polar surface area (TPSA) is 126 Å². The summed E-state index contributed by atoms with van der Waals surface area (Å²) in [5.74, 6) is 0.408. The van der Waals surface area contributed by atoms with E-state index < -0.39 is 16.9 Å². The second-order valence-corrected chi connectivity index (χ2v) is 9.55. The molecule has 0 fully saturated rings. The van der Waals surface area contributed by atoms with Gasteiger partial charge in [-0.2, -0.15) is 0 Å². The third-order valence-corrected chi connectivity index (χ3v) is 7.32. The van der Waals surface area contributed by atoms with Gasteiger partial charge >= 0.3 is 5.97 Å². The molecule has 198 valence electrons. The lowest BCUT2D eigenvalue weighted by molar-refractivity contribution is -0.384. The molecule has 0 amide bonds. The van der Waals surface area contributed by atoms with E-state index in [1.54, 1.807) is 30.3 Å². The van der Waals surface area contributed by atoms with Crippen molar-refractivity contribution in [3.63, 3.8) is 0 Å². The quantitative estimate of drug-likeness (QED) is 0.195. The molecule has 0 radical (unpaired) electrons. The average molecular weight is 546 g/mol. The normalized spacial score (nSPS) is 15.1. The highest BCUT2D eigenvalue weighted by Crippen LogP contribution is 2.34. The van der Waals surface area contributed by atoms with Crippen molar-refractivity contribution in [1.29, 1.82) is 0 Å². The highest BCUT2D eigenvalue weighted by Gasteiger charge is 2.33. The Morgan fingerprint density at radius 3 is 2.62 bits per heavy atom. The van der Waals surface area contributed by atoms with Gasteiger partial charge < -0.3 is 13.9 Å². The number of furan rings is 1.